The standard InChI is InChI=1S/C19H22N2O4/c1-13-6-5-7-16(10-13)25-12-19(22)21-20-14(2)17-11-15(23-3)8-9-18(17)24-4/h5-11H,12H2,1-4H3,(H,21,22)/b20-14-. The Balaban J connectivity index is 1.99. The molecule has 6 nitrogen and oxygen atoms in total. The van der Waals surface area contributed by atoms with Gasteiger partial charge in [-0.05, 0) is 49.7 Å². The van der Waals surface area contributed by atoms with Crippen LogP contribution in [-0.2, 0) is 4.79 Å². The highest BCUT2D eigenvalue weighted by Crippen LogP contribution is 2.24. The molecule has 0 aliphatic heterocycles. The number of carbonyl (C=O) groups excluding carboxylic acids is 1. The van der Waals surface area contributed by atoms with E-state index in [4.69, 9.17) is 14.2 Å². The molecule has 0 spiro atoms. The molecule has 0 aliphatic rings. The summed E-state index contributed by atoms with van der Waals surface area (Å²) in [6.07, 6.45) is 0. The number of aryl methyl sites for hydroxylation is 1. The van der Waals surface area contributed by atoms with E-state index in [1.54, 1.807) is 45.4 Å². The molecule has 0 atom stereocenters. The normalized spacial score (nSPS) is 11.0. The van der Waals surface area contributed by atoms with Gasteiger partial charge in [0.1, 0.15) is 17.2 Å². The zero-order chi connectivity index (χ0) is 18.2. The number of amides is 1. The van der Waals surface area contributed by atoms with Crippen LogP contribution in [0, 0.1) is 6.92 Å². The van der Waals surface area contributed by atoms with Gasteiger partial charge in [-0.15, -0.1) is 0 Å². The SMILES string of the molecule is COc1ccc(OC)c(/C(C)=N\NC(=O)COc2cccc(C)c2)c1. The van der Waals surface area contributed by atoms with Crippen LogP contribution in [0.5, 0.6) is 17.2 Å². The van der Waals surface area contributed by atoms with Crippen molar-refractivity contribution in [2.75, 3.05) is 20.8 Å². The summed E-state index contributed by atoms with van der Waals surface area (Å²) in [7, 11) is 3.16. The summed E-state index contributed by atoms with van der Waals surface area (Å²) >= 11 is 0. The highest BCUT2D eigenvalue weighted by atomic mass is 16.5. The third kappa shape index (κ3) is 5.24. The molecule has 0 heterocycles. The molecule has 0 saturated heterocycles. The Labute approximate surface area is 147 Å². The third-order valence-corrected chi connectivity index (χ3v) is 3.50. The Bertz CT molecular complexity index is 772. The van der Waals surface area contributed by atoms with Gasteiger partial charge in [-0.25, -0.2) is 5.43 Å². The van der Waals surface area contributed by atoms with Crippen LogP contribution in [0.1, 0.15) is 18.1 Å². The van der Waals surface area contributed by atoms with E-state index in [2.05, 4.69) is 10.5 Å². The fraction of sp³-hybridized carbons (Fsp3) is 0.263. The number of nitrogens with zero attached hydrogens (tertiary/aromatic N) is 1. The van der Waals surface area contributed by atoms with E-state index in [1.807, 2.05) is 25.1 Å². The molecule has 0 aliphatic carbocycles. The lowest BCUT2D eigenvalue weighted by atomic mass is 10.1. The van der Waals surface area contributed by atoms with Crippen LogP contribution in [-0.4, -0.2) is 32.4 Å². The van der Waals surface area contributed by atoms with Crippen molar-refractivity contribution < 1.29 is 19.0 Å². The minimum atomic E-state index is -0.345. The zero-order valence-electron chi connectivity index (χ0n) is 14.8. The number of benzene rings is 2. The zero-order valence-corrected chi connectivity index (χ0v) is 14.8. The number of hydrazone groups is 1. The predicted octanol–water partition coefficient (Wildman–Crippen LogP) is 2.93. The number of carbonyl (C=O) groups is 1. The van der Waals surface area contributed by atoms with Crippen LogP contribution in [0.15, 0.2) is 47.6 Å². The number of rotatable bonds is 7. The average molecular weight is 342 g/mol. The first-order valence-corrected chi connectivity index (χ1v) is 7.78. The molecule has 2 aromatic rings. The fourth-order valence-electron chi connectivity index (χ4n) is 2.19. The molecule has 0 fully saturated rings. The Morgan fingerprint density at radius 1 is 1.08 bits per heavy atom. The van der Waals surface area contributed by atoms with Crippen LogP contribution in [0.4, 0.5) is 0 Å². The van der Waals surface area contributed by atoms with E-state index in [-0.39, 0.29) is 12.5 Å². The van der Waals surface area contributed by atoms with Crippen LogP contribution in [0.3, 0.4) is 0 Å². The van der Waals surface area contributed by atoms with E-state index in [9.17, 15) is 4.79 Å². The highest BCUT2D eigenvalue weighted by molar-refractivity contribution is 6.02. The molecular formula is C19H22N2O4. The minimum absolute atomic E-state index is 0.116. The quantitative estimate of drug-likeness (QED) is 0.620. The Morgan fingerprint density at radius 3 is 2.56 bits per heavy atom. The summed E-state index contributed by atoms with van der Waals surface area (Å²) in [6, 6.07) is 12.9. The molecular weight excluding hydrogens is 320 g/mol. The monoisotopic (exact) mass is 342 g/mol. The maximum atomic E-state index is 11.9. The van der Waals surface area contributed by atoms with E-state index in [1.165, 1.54) is 0 Å². The number of hydrogen-bond acceptors (Lipinski definition) is 5. The third-order valence-electron chi connectivity index (χ3n) is 3.50. The number of nitrogens with one attached hydrogen (secondary N) is 1. The topological polar surface area (TPSA) is 69.2 Å². The van der Waals surface area contributed by atoms with Crippen molar-refractivity contribution in [1.29, 1.82) is 0 Å². The van der Waals surface area contributed by atoms with Crippen molar-refractivity contribution in [3.8, 4) is 17.2 Å². The molecule has 6 heteroatoms. The van der Waals surface area contributed by atoms with Crippen molar-refractivity contribution >= 4 is 11.6 Å². The first kappa shape index (κ1) is 18.3. The van der Waals surface area contributed by atoms with Crippen molar-refractivity contribution in [3.63, 3.8) is 0 Å². The second kappa shape index (κ2) is 8.73. The molecule has 1 N–H and O–H groups in total. The summed E-state index contributed by atoms with van der Waals surface area (Å²) in [5.41, 5.74) is 4.88. The molecule has 132 valence electrons. The molecule has 25 heavy (non-hydrogen) atoms. The Hall–Kier alpha value is -3.02. The van der Waals surface area contributed by atoms with Gasteiger partial charge in [-0.1, -0.05) is 12.1 Å². The van der Waals surface area contributed by atoms with Gasteiger partial charge in [0.15, 0.2) is 6.61 Å². The fourth-order valence-corrected chi connectivity index (χ4v) is 2.19. The maximum Gasteiger partial charge on any atom is 0.277 e. The largest absolute Gasteiger partial charge is 0.497 e. The Morgan fingerprint density at radius 2 is 1.88 bits per heavy atom. The Kier molecular flexibility index (Phi) is 6.39. The minimum Gasteiger partial charge on any atom is -0.497 e. The van der Waals surface area contributed by atoms with Crippen molar-refractivity contribution in [1.82, 2.24) is 5.43 Å². The lowest BCUT2D eigenvalue weighted by Crippen LogP contribution is -2.25. The van der Waals surface area contributed by atoms with Gasteiger partial charge < -0.3 is 14.2 Å². The molecule has 0 bridgehead atoms. The maximum absolute atomic E-state index is 11.9. The molecule has 0 radical (unpaired) electrons. The molecule has 0 saturated carbocycles. The van der Waals surface area contributed by atoms with Gasteiger partial charge in [-0.2, -0.15) is 5.10 Å². The van der Waals surface area contributed by atoms with Crippen LogP contribution >= 0.6 is 0 Å². The molecule has 2 aromatic carbocycles. The average Bonchev–Trinajstić information content (AvgIpc) is 2.63. The van der Waals surface area contributed by atoms with Gasteiger partial charge in [0.2, 0.25) is 0 Å². The number of hydrogen-bond donors (Lipinski definition) is 1. The summed E-state index contributed by atoms with van der Waals surface area (Å²) in [4.78, 5) is 11.9. The number of methoxy groups -OCH3 is 2. The van der Waals surface area contributed by atoms with Gasteiger partial charge in [-0.3, -0.25) is 4.79 Å². The van der Waals surface area contributed by atoms with Crippen molar-refractivity contribution in [2.24, 2.45) is 5.10 Å². The van der Waals surface area contributed by atoms with Crippen molar-refractivity contribution in [3.05, 3.63) is 53.6 Å². The van der Waals surface area contributed by atoms with Crippen LogP contribution in [0.2, 0.25) is 0 Å². The number of ether oxygens (including phenoxy) is 3. The first-order chi connectivity index (χ1) is 12.0. The summed E-state index contributed by atoms with van der Waals surface area (Å²) < 4.78 is 16.0. The first-order valence-electron chi connectivity index (χ1n) is 7.78. The van der Waals surface area contributed by atoms with Crippen LogP contribution in [0.25, 0.3) is 0 Å². The van der Waals surface area contributed by atoms with E-state index >= 15 is 0 Å². The predicted molar refractivity (Wildman–Crippen MR) is 96.6 cm³/mol. The van der Waals surface area contributed by atoms with Gasteiger partial charge in [0.05, 0.1) is 19.9 Å². The lowest BCUT2D eigenvalue weighted by Gasteiger charge is -2.10. The van der Waals surface area contributed by atoms with Crippen molar-refractivity contribution in [2.45, 2.75) is 13.8 Å². The van der Waals surface area contributed by atoms with Gasteiger partial charge >= 0.3 is 0 Å². The smallest absolute Gasteiger partial charge is 0.277 e. The molecule has 0 unspecified atom stereocenters. The summed E-state index contributed by atoms with van der Waals surface area (Å²) in [5, 5.41) is 4.11. The highest BCUT2D eigenvalue weighted by Gasteiger charge is 2.09. The van der Waals surface area contributed by atoms with E-state index < -0.39 is 0 Å². The second-order valence-corrected chi connectivity index (χ2v) is 5.40. The second-order valence-electron chi connectivity index (χ2n) is 5.40. The molecule has 1 amide bonds. The van der Waals surface area contributed by atoms with E-state index in [0.29, 0.717) is 23.0 Å². The van der Waals surface area contributed by atoms with Crippen LogP contribution < -0.4 is 19.6 Å². The van der Waals surface area contributed by atoms with Gasteiger partial charge in [0, 0.05) is 5.56 Å². The summed E-state index contributed by atoms with van der Waals surface area (Å²) in [6.45, 7) is 3.62. The lowest BCUT2D eigenvalue weighted by molar-refractivity contribution is -0.123. The van der Waals surface area contributed by atoms with E-state index in [0.717, 1.165) is 11.1 Å². The molecule has 0 aromatic heterocycles. The van der Waals surface area contributed by atoms with Gasteiger partial charge in [0.25, 0.3) is 5.91 Å². The molecule has 2 rings (SSSR count). The summed E-state index contributed by atoms with van der Waals surface area (Å²) in [5.74, 6) is 1.62.